The Bertz CT molecular complexity index is 487. The number of hydrogen-bond donors (Lipinski definition) is 1. The fraction of sp³-hybridized carbons (Fsp3) is 0.182. The molecule has 5 heteroatoms. The van der Waals surface area contributed by atoms with E-state index >= 15 is 0 Å². The summed E-state index contributed by atoms with van der Waals surface area (Å²) in [5.74, 6) is 0.161. The largest absolute Gasteiger partial charge is 0.324 e. The number of para-hydroxylation sites is 1. The Morgan fingerprint density at radius 2 is 2.12 bits per heavy atom. The Morgan fingerprint density at radius 3 is 2.88 bits per heavy atom. The quantitative estimate of drug-likeness (QED) is 0.855. The Hall–Kier alpha value is -2.04. The lowest BCUT2D eigenvalue weighted by Gasteiger charge is -2.08. The molecule has 0 aliphatic rings. The van der Waals surface area contributed by atoms with E-state index < -0.39 is 6.08 Å². The molecule has 2 aromatic rings. The molecule has 1 heterocycles. The van der Waals surface area contributed by atoms with Crippen molar-refractivity contribution in [2.75, 3.05) is 5.32 Å². The van der Waals surface area contributed by atoms with Gasteiger partial charge in [-0.05, 0) is 18.1 Å². The maximum Gasteiger partial charge on any atom is 0.314 e. The topological polar surface area (TPSA) is 50.7 Å². The molecule has 16 heavy (non-hydrogen) atoms. The Balaban J connectivity index is 2.26. The summed E-state index contributed by atoms with van der Waals surface area (Å²) in [4.78, 5) is 10.4. The third-order valence-corrected chi connectivity index (χ3v) is 2.14. The van der Waals surface area contributed by atoms with Gasteiger partial charge in [0.05, 0.1) is 0 Å². The molecule has 0 saturated carbocycles. The smallest absolute Gasteiger partial charge is 0.314 e. The van der Waals surface area contributed by atoms with Gasteiger partial charge in [-0.15, -0.1) is 0 Å². The van der Waals surface area contributed by atoms with E-state index in [9.17, 15) is 4.39 Å². The zero-order valence-corrected chi connectivity index (χ0v) is 8.74. The molecule has 1 N–H and O–H groups in total. The van der Waals surface area contributed by atoms with Crippen LogP contribution in [0.5, 0.6) is 0 Å². The van der Waals surface area contributed by atoms with Crippen molar-refractivity contribution in [1.29, 1.82) is 0 Å². The first-order chi connectivity index (χ1) is 7.79. The summed E-state index contributed by atoms with van der Waals surface area (Å²) in [6.45, 7) is 2.04. The number of aryl methyl sites for hydroxylation is 1. The SMILES string of the molecule is CCc1ccccc1Nc1n[c]nc(F)n1. The van der Waals surface area contributed by atoms with E-state index in [4.69, 9.17) is 0 Å². The van der Waals surface area contributed by atoms with Crippen molar-refractivity contribution < 1.29 is 4.39 Å². The van der Waals surface area contributed by atoms with Gasteiger partial charge in [0.2, 0.25) is 12.3 Å². The number of aromatic nitrogens is 3. The summed E-state index contributed by atoms with van der Waals surface area (Å²) < 4.78 is 12.7. The third kappa shape index (κ3) is 2.31. The number of anilines is 2. The van der Waals surface area contributed by atoms with E-state index in [1.165, 1.54) is 0 Å². The van der Waals surface area contributed by atoms with Gasteiger partial charge in [0.25, 0.3) is 0 Å². The van der Waals surface area contributed by atoms with Crippen LogP contribution in [-0.4, -0.2) is 15.0 Å². The second-order valence-electron chi connectivity index (χ2n) is 3.16. The van der Waals surface area contributed by atoms with E-state index in [1.54, 1.807) is 0 Å². The molecule has 0 atom stereocenters. The van der Waals surface area contributed by atoms with Gasteiger partial charge >= 0.3 is 6.08 Å². The number of hydrogen-bond acceptors (Lipinski definition) is 4. The molecule has 0 spiro atoms. The molecule has 0 aliphatic heterocycles. The van der Waals surface area contributed by atoms with Crippen LogP contribution in [0.2, 0.25) is 0 Å². The van der Waals surface area contributed by atoms with Crippen molar-refractivity contribution in [1.82, 2.24) is 15.0 Å². The van der Waals surface area contributed by atoms with E-state index in [1.807, 2.05) is 31.2 Å². The fourth-order valence-electron chi connectivity index (χ4n) is 1.38. The molecular formula is C11H10FN4. The second kappa shape index (κ2) is 4.65. The normalized spacial score (nSPS) is 10.1. The van der Waals surface area contributed by atoms with Crippen LogP contribution in [0, 0.1) is 12.4 Å². The van der Waals surface area contributed by atoms with Crippen molar-refractivity contribution >= 4 is 11.6 Å². The highest BCUT2D eigenvalue weighted by molar-refractivity contribution is 5.57. The van der Waals surface area contributed by atoms with Gasteiger partial charge in [-0.25, -0.2) is 0 Å². The number of nitrogens with zero attached hydrogens (tertiary/aromatic N) is 3. The van der Waals surface area contributed by atoms with E-state index in [0.29, 0.717) is 0 Å². The molecular weight excluding hydrogens is 207 g/mol. The van der Waals surface area contributed by atoms with Gasteiger partial charge in [0, 0.05) is 5.69 Å². The summed E-state index contributed by atoms with van der Waals surface area (Å²) in [5, 5.41) is 2.93. The van der Waals surface area contributed by atoms with Crippen molar-refractivity contribution in [3.05, 3.63) is 42.2 Å². The fourth-order valence-corrected chi connectivity index (χ4v) is 1.38. The molecule has 0 bridgehead atoms. The predicted molar refractivity (Wildman–Crippen MR) is 57.7 cm³/mol. The molecule has 4 nitrogen and oxygen atoms in total. The minimum atomic E-state index is -0.841. The van der Waals surface area contributed by atoms with Crippen molar-refractivity contribution in [2.24, 2.45) is 0 Å². The Labute approximate surface area is 92.6 Å². The lowest BCUT2D eigenvalue weighted by atomic mass is 10.1. The van der Waals surface area contributed by atoms with Gasteiger partial charge in [-0.1, -0.05) is 25.1 Å². The van der Waals surface area contributed by atoms with E-state index in [2.05, 4.69) is 26.6 Å². The number of rotatable bonds is 3. The van der Waals surface area contributed by atoms with Crippen LogP contribution in [0.1, 0.15) is 12.5 Å². The molecule has 1 aromatic carbocycles. The third-order valence-electron chi connectivity index (χ3n) is 2.14. The minimum Gasteiger partial charge on any atom is -0.324 e. The highest BCUT2D eigenvalue weighted by Gasteiger charge is 2.03. The van der Waals surface area contributed by atoms with Crippen LogP contribution in [0.25, 0.3) is 0 Å². The van der Waals surface area contributed by atoms with Crippen LogP contribution in [0.4, 0.5) is 16.0 Å². The van der Waals surface area contributed by atoms with Gasteiger partial charge < -0.3 is 5.32 Å². The van der Waals surface area contributed by atoms with E-state index in [-0.39, 0.29) is 5.95 Å². The summed E-state index contributed by atoms with van der Waals surface area (Å²) in [7, 11) is 0. The standard InChI is InChI=1S/C11H10FN4/c1-2-8-5-3-4-6-9(8)15-11-14-7-13-10(12)16-11/h3-6H,2H2,1H3,(H,13,14,15,16). The average Bonchev–Trinajstić information content (AvgIpc) is 2.30. The van der Waals surface area contributed by atoms with Gasteiger partial charge in [-0.2, -0.15) is 19.3 Å². The van der Waals surface area contributed by atoms with Gasteiger partial charge in [0.1, 0.15) is 0 Å². The van der Waals surface area contributed by atoms with Gasteiger partial charge in [-0.3, -0.25) is 0 Å². The van der Waals surface area contributed by atoms with Crippen LogP contribution in [0.15, 0.2) is 24.3 Å². The molecule has 0 fully saturated rings. The first kappa shape index (κ1) is 10.5. The second-order valence-corrected chi connectivity index (χ2v) is 3.16. The molecule has 0 unspecified atom stereocenters. The maximum atomic E-state index is 12.7. The molecule has 1 aromatic heterocycles. The molecule has 1 radical (unpaired) electrons. The van der Waals surface area contributed by atoms with Crippen molar-refractivity contribution in [3.63, 3.8) is 0 Å². The van der Waals surface area contributed by atoms with Crippen LogP contribution in [-0.2, 0) is 6.42 Å². The number of benzene rings is 1. The predicted octanol–water partition coefficient (Wildman–Crippen LogP) is 2.12. The summed E-state index contributed by atoms with van der Waals surface area (Å²) in [6, 6.07) is 7.72. The highest BCUT2D eigenvalue weighted by atomic mass is 19.1. The Morgan fingerprint density at radius 1 is 1.31 bits per heavy atom. The van der Waals surface area contributed by atoms with Gasteiger partial charge in [0.15, 0.2) is 0 Å². The zero-order valence-electron chi connectivity index (χ0n) is 8.74. The lowest BCUT2D eigenvalue weighted by Crippen LogP contribution is -2.02. The number of nitrogens with one attached hydrogen (secondary N) is 1. The summed E-state index contributed by atoms with van der Waals surface area (Å²) >= 11 is 0. The molecule has 0 amide bonds. The van der Waals surface area contributed by atoms with Crippen LogP contribution < -0.4 is 5.32 Å². The van der Waals surface area contributed by atoms with Crippen molar-refractivity contribution in [2.45, 2.75) is 13.3 Å². The minimum absolute atomic E-state index is 0.161. The maximum absolute atomic E-state index is 12.7. The molecule has 0 saturated heterocycles. The Kier molecular flexibility index (Phi) is 3.05. The van der Waals surface area contributed by atoms with Crippen LogP contribution in [0.3, 0.4) is 0 Å². The number of halogens is 1. The summed E-state index contributed by atoms with van der Waals surface area (Å²) in [5.41, 5.74) is 1.98. The molecule has 81 valence electrons. The van der Waals surface area contributed by atoms with Crippen LogP contribution >= 0.6 is 0 Å². The monoisotopic (exact) mass is 217 g/mol. The first-order valence-electron chi connectivity index (χ1n) is 4.92. The van der Waals surface area contributed by atoms with E-state index in [0.717, 1.165) is 17.7 Å². The van der Waals surface area contributed by atoms with Crippen molar-refractivity contribution in [3.8, 4) is 0 Å². The highest BCUT2D eigenvalue weighted by Crippen LogP contribution is 2.18. The molecule has 2 rings (SSSR count). The molecule has 0 aliphatic carbocycles. The average molecular weight is 217 g/mol. The summed E-state index contributed by atoms with van der Waals surface area (Å²) in [6.07, 6.45) is 2.22. The first-order valence-corrected chi connectivity index (χ1v) is 4.92. The lowest BCUT2D eigenvalue weighted by molar-refractivity contribution is 0.533. The zero-order chi connectivity index (χ0) is 11.4.